The second-order valence-electron chi connectivity index (χ2n) is 9.98. The summed E-state index contributed by atoms with van der Waals surface area (Å²) in [5.74, 6) is -4.95. The molecule has 0 radical (unpaired) electrons. The van der Waals surface area contributed by atoms with Crippen molar-refractivity contribution < 1.29 is 57.3 Å². The minimum atomic E-state index is -1.41. The van der Waals surface area contributed by atoms with Gasteiger partial charge in [0, 0.05) is 0 Å². The number of esters is 5. The van der Waals surface area contributed by atoms with Crippen LogP contribution in [0.3, 0.4) is 0 Å². The number of ether oxygens (including phenoxy) is 5. The van der Waals surface area contributed by atoms with E-state index in [1.807, 2.05) is 5.34 Å². The number of hydrogen-bond donors (Lipinski definition) is 0. The van der Waals surface area contributed by atoms with Gasteiger partial charge in [0.1, 0.15) is 29.1 Å². The van der Waals surface area contributed by atoms with E-state index < -0.39 is 60.4 Å². The normalized spacial score (nSPS) is 11.7. The summed E-state index contributed by atoms with van der Waals surface area (Å²) in [6.45, 7) is 6.17. The lowest BCUT2D eigenvalue weighted by atomic mass is 10.0. The molecule has 16 nitrogen and oxygen atoms in total. The summed E-state index contributed by atoms with van der Waals surface area (Å²) in [5, 5.41) is 4.32. The van der Waals surface area contributed by atoms with Gasteiger partial charge < -0.3 is 33.4 Å². The first-order valence-corrected chi connectivity index (χ1v) is 12.7. The molecule has 0 amide bonds. The quantitative estimate of drug-likeness (QED) is 0.0559. The van der Waals surface area contributed by atoms with Gasteiger partial charge in [-0.3, -0.25) is 4.79 Å². The van der Waals surface area contributed by atoms with Crippen LogP contribution in [0.25, 0.3) is 0 Å². The molecule has 1 unspecified atom stereocenters. The molecule has 0 saturated carbocycles. The number of rotatable bonds is 19. The zero-order valence-electron chi connectivity index (χ0n) is 23.9. The summed E-state index contributed by atoms with van der Waals surface area (Å²) in [4.78, 5) is 89.3. The fourth-order valence-electron chi connectivity index (χ4n) is 3.30. The lowest BCUT2D eigenvalue weighted by Gasteiger charge is -2.29. The Morgan fingerprint density at radius 1 is 0.810 bits per heavy atom. The third kappa shape index (κ3) is 14.1. The highest BCUT2D eigenvalue weighted by atomic mass is 16.7. The Kier molecular flexibility index (Phi) is 14.5. The summed E-state index contributed by atoms with van der Waals surface area (Å²) < 4.78 is 25.6. The summed E-state index contributed by atoms with van der Waals surface area (Å²) in [6, 6.07) is 5.44. The van der Waals surface area contributed by atoms with E-state index in [4.69, 9.17) is 18.9 Å². The molecular weight excluding hydrogens is 564 g/mol. The SMILES string of the molecule is CC(OC(=O)c1ccccc1OC(=O)COC(=O)CON=O)C(=O)OC(C)(C)CC(=O)OC(C)(C)CCCCON=O. The monoisotopic (exact) mass is 598 g/mol. The Labute approximate surface area is 241 Å². The van der Waals surface area contributed by atoms with E-state index in [0.717, 1.165) is 0 Å². The molecule has 0 aliphatic heterocycles. The fourth-order valence-corrected chi connectivity index (χ4v) is 3.30. The van der Waals surface area contributed by atoms with Crippen molar-refractivity contribution in [3.63, 3.8) is 0 Å². The van der Waals surface area contributed by atoms with Crippen LogP contribution in [0.4, 0.5) is 0 Å². The number of para-hydroxylation sites is 1. The van der Waals surface area contributed by atoms with Crippen LogP contribution < -0.4 is 4.74 Å². The maximum absolute atomic E-state index is 12.7. The van der Waals surface area contributed by atoms with Gasteiger partial charge in [-0.1, -0.05) is 12.1 Å². The van der Waals surface area contributed by atoms with Crippen LogP contribution in [0.2, 0.25) is 0 Å². The predicted octanol–water partition coefficient (Wildman–Crippen LogP) is 3.28. The average molecular weight is 599 g/mol. The zero-order valence-corrected chi connectivity index (χ0v) is 23.9. The average Bonchev–Trinajstić information content (AvgIpc) is 2.89. The van der Waals surface area contributed by atoms with Crippen LogP contribution in [0.15, 0.2) is 34.9 Å². The molecule has 0 heterocycles. The van der Waals surface area contributed by atoms with Crippen molar-refractivity contribution in [1.29, 1.82) is 0 Å². The largest absolute Gasteiger partial charge is 0.460 e. The van der Waals surface area contributed by atoms with Crippen LogP contribution in [0.5, 0.6) is 5.75 Å². The number of nitrogens with zero attached hydrogens (tertiary/aromatic N) is 2. The molecule has 1 aromatic rings. The van der Waals surface area contributed by atoms with Gasteiger partial charge in [-0.25, -0.2) is 19.2 Å². The van der Waals surface area contributed by atoms with Crippen LogP contribution in [-0.4, -0.2) is 67.0 Å². The lowest BCUT2D eigenvalue weighted by Crippen LogP contribution is -2.38. The summed E-state index contributed by atoms with van der Waals surface area (Å²) in [6.07, 6.45) is -0.0513. The highest BCUT2D eigenvalue weighted by molar-refractivity contribution is 5.95. The summed E-state index contributed by atoms with van der Waals surface area (Å²) >= 11 is 0. The molecule has 0 saturated heterocycles. The number of carbonyl (C=O) groups is 5. The second-order valence-corrected chi connectivity index (χ2v) is 9.98. The molecule has 0 aliphatic rings. The van der Waals surface area contributed by atoms with Crippen LogP contribution in [0, 0.1) is 9.81 Å². The Hall–Kier alpha value is -4.63. The highest BCUT2D eigenvalue weighted by Crippen LogP contribution is 2.24. The van der Waals surface area contributed by atoms with Crippen LogP contribution in [-0.2, 0) is 47.8 Å². The third-order valence-corrected chi connectivity index (χ3v) is 5.19. The van der Waals surface area contributed by atoms with Crippen molar-refractivity contribution in [3.05, 3.63) is 39.6 Å². The molecule has 42 heavy (non-hydrogen) atoms. The topological polar surface area (TPSA) is 209 Å². The second kappa shape index (κ2) is 17.2. The molecule has 232 valence electrons. The molecule has 0 N–H and O–H groups in total. The highest BCUT2D eigenvalue weighted by Gasteiger charge is 2.33. The summed E-state index contributed by atoms with van der Waals surface area (Å²) in [5.41, 5.74) is -2.36. The molecule has 1 rings (SSSR count). The number of benzene rings is 1. The molecule has 0 aromatic heterocycles. The van der Waals surface area contributed by atoms with E-state index in [-0.39, 0.29) is 24.3 Å². The number of unbranched alkanes of at least 4 members (excludes halogenated alkanes) is 1. The van der Waals surface area contributed by atoms with Crippen molar-refractivity contribution >= 4 is 29.8 Å². The van der Waals surface area contributed by atoms with Gasteiger partial charge in [-0.15, -0.1) is 9.81 Å². The molecule has 0 bridgehead atoms. The smallest absolute Gasteiger partial charge is 0.349 e. The maximum Gasteiger partial charge on any atom is 0.349 e. The first-order chi connectivity index (χ1) is 19.7. The Bertz CT molecular complexity index is 1120. The van der Waals surface area contributed by atoms with Crippen molar-refractivity contribution in [2.24, 2.45) is 10.7 Å². The minimum Gasteiger partial charge on any atom is -0.460 e. The maximum atomic E-state index is 12.7. The number of carbonyl (C=O) groups excluding carboxylic acids is 5. The van der Waals surface area contributed by atoms with Gasteiger partial charge in [0.05, 0.1) is 6.42 Å². The van der Waals surface area contributed by atoms with Crippen molar-refractivity contribution in [2.45, 2.75) is 77.6 Å². The number of hydrogen-bond acceptors (Lipinski definition) is 16. The Morgan fingerprint density at radius 2 is 1.48 bits per heavy atom. The van der Waals surface area contributed by atoms with Crippen LogP contribution in [0.1, 0.15) is 70.7 Å². The van der Waals surface area contributed by atoms with E-state index in [1.54, 1.807) is 13.8 Å². The molecular formula is C26H34N2O14. The van der Waals surface area contributed by atoms with Gasteiger partial charge >= 0.3 is 29.8 Å². The van der Waals surface area contributed by atoms with E-state index in [9.17, 15) is 33.8 Å². The van der Waals surface area contributed by atoms with Crippen molar-refractivity contribution in [1.82, 2.24) is 0 Å². The van der Waals surface area contributed by atoms with Crippen molar-refractivity contribution in [2.75, 3.05) is 19.8 Å². The summed E-state index contributed by atoms with van der Waals surface area (Å²) in [7, 11) is 0. The molecule has 0 fully saturated rings. The molecule has 1 atom stereocenters. The van der Waals surface area contributed by atoms with Gasteiger partial charge in [-0.05, 0) is 66.0 Å². The van der Waals surface area contributed by atoms with Gasteiger partial charge in [0.2, 0.25) is 6.61 Å². The molecule has 0 spiro atoms. The Morgan fingerprint density at radius 3 is 2.14 bits per heavy atom. The van der Waals surface area contributed by atoms with E-state index in [2.05, 4.69) is 19.8 Å². The first kappa shape index (κ1) is 35.4. The fraction of sp³-hybridized carbons (Fsp3) is 0.577. The molecule has 1 aromatic carbocycles. The van der Waals surface area contributed by atoms with Gasteiger partial charge in [-0.2, -0.15) is 0 Å². The van der Waals surface area contributed by atoms with Gasteiger partial charge in [0.15, 0.2) is 23.4 Å². The standard InChI is InChI=1S/C26H34N2O14/c1-17(23(32)42-26(4,5)14-20(29)41-25(2,3)12-8-9-13-37-27-34)39-24(33)18-10-6-7-11-19(18)40-22(31)15-36-21(30)16-38-28-35/h6-7,10-11,17H,8-9,12-16H2,1-5H3. The van der Waals surface area contributed by atoms with E-state index >= 15 is 0 Å². The predicted molar refractivity (Wildman–Crippen MR) is 140 cm³/mol. The lowest BCUT2D eigenvalue weighted by molar-refractivity contribution is -0.174. The Balaban J connectivity index is 2.66. The van der Waals surface area contributed by atoms with Crippen molar-refractivity contribution in [3.8, 4) is 5.75 Å². The zero-order chi connectivity index (χ0) is 31.8. The molecule has 16 heteroatoms. The molecule has 0 aliphatic carbocycles. The van der Waals surface area contributed by atoms with E-state index in [0.29, 0.717) is 19.3 Å². The van der Waals surface area contributed by atoms with Crippen LogP contribution >= 0.6 is 0 Å². The third-order valence-electron chi connectivity index (χ3n) is 5.19. The minimum absolute atomic E-state index is 0.159. The van der Waals surface area contributed by atoms with E-state index in [1.165, 1.54) is 45.0 Å². The van der Waals surface area contributed by atoms with Gasteiger partial charge in [0.25, 0.3) is 0 Å². The first-order valence-electron chi connectivity index (χ1n) is 12.7.